The van der Waals surface area contributed by atoms with E-state index < -0.39 is 0 Å². The van der Waals surface area contributed by atoms with Gasteiger partial charge in [-0.15, -0.1) is 0 Å². The van der Waals surface area contributed by atoms with Crippen LogP contribution in [-0.2, 0) is 0 Å². The van der Waals surface area contributed by atoms with Crippen LogP contribution in [0.15, 0.2) is 53.0 Å². The second-order valence-electron chi connectivity index (χ2n) is 5.47. The Kier molecular flexibility index (Phi) is 7.29. The zero-order valence-corrected chi connectivity index (χ0v) is 17.0. The van der Waals surface area contributed by atoms with Gasteiger partial charge in [-0.25, -0.2) is 0 Å². The fourth-order valence-electron chi connectivity index (χ4n) is 2.36. The lowest BCUT2D eigenvalue weighted by molar-refractivity contribution is 0.0772. The van der Waals surface area contributed by atoms with Crippen LogP contribution in [0.25, 0.3) is 0 Å². The number of nitrogens with one attached hydrogen (secondary N) is 2. The van der Waals surface area contributed by atoms with Gasteiger partial charge < -0.3 is 10.2 Å². The van der Waals surface area contributed by atoms with E-state index in [1.807, 2.05) is 19.9 Å². The highest BCUT2D eigenvalue weighted by Gasteiger charge is 2.12. The average Bonchev–Trinajstić information content (AvgIpc) is 2.63. The van der Waals surface area contributed by atoms with Crippen molar-refractivity contribution in [2.24, 2.45) is 0 Å². The molecular formula is C19H20BrN3O2S. The van der Waals surface area contributed by atoms with Gasteiger partial charge in [-0.1, -0.05) is 22.0 Å². The highest BCUT2D eigenvalue weighted by molar-refractivity contribution is 9.10. The molecular weight excluding hydrogens is 414 g/mol. The molecule has 0 heterocycles. The molecule has 0 atom stereocenters. The number of amides is 2. The van der Waals surface area contributed by atoms with Gasteiger partial charge in [0.1, 0.15) is 0 Å². The Morgan fingerprint density at radius 1 is 1.04 bits per heavy atom. The molecule has 0 radical (unpaired) electrons. The van der Waals surface area contributed by atoms with Gasteiger partial charge in [0.2, 0.25) is 0 Å². The van der Waals surface area contributed by atoms with E-state index in [2.05, 4.69) is 26.6 Å². The van der Waals surface area contributed by atoms with Gasteiger partial charge in [-0.3, -0.25) is 14.9 Å². The normalized spacial score (nSPS) is 10.1. The number of carbonyl (C=O) groups excluding carboxylic acids is 2. The number of halogens is 1. The van der Waals surface area contributed by atoms with Gasteiger partial charge in [0.15, 0.2) is 5.11 Å². The van der Waals surface area contributed by atoms with Crippen molar-refractivity contribution in [2.75, 3.05) is 18.4 Å². The van der Waals surface area contributed by atoms with Gasteiger partial charge in [0.05, 0.1) is 0 Å². The molecule has 0 unspecified atom stereocenters. The summed E-state index contributed by atoms with van der Waals surface area (Å²) in [6.07, 6.45) is 0. The lowest BCUT2D eigenvalue weighted by Crippen LogP contribution is -2.34. The molecule has 0 fully saturated rings. The van der Waals surface area contributed by atoms with E-state index in [1.165, 1.54) is 0 Å². The third kappa shape index (κ3) is 5.37. The second kappa shape index (κ2) is 9.45. The Hall–Kier alpha value is -2.25. The summed E-state index contributed by atoms with van der Waals surface area (Å²) in [5.41, 5.74) is 1.81. The Bertz CT molecular complexity index is 805. The SMILES string of the molecule is CCN(CC)C(=O)c1ccc(NC(=S)NC(=O)c2cccc(Br)c2)cc1. The van der Waals surface area contributed by atoms with Crippen molar-refractivity contribution in [3.05, 3.63) is 64.1 Å². The molecule has 2 rings (SSSR count). The zero-order valence-electron chi connectivity index (χ0n) is 14.6. The quantitative estimate of drug-likeness (QED) is 0.697. The van der Waals surface area contributed by atoms with Crippen molar-refractivity contribution in [1.29, 1.82) is 0 Å². The maximum atomic E-state index is 12.3. The molecule has 5 nitrogen and oxygen atoms in total. The average molecular weight is 434 g/mol. The minimum Gasteiger partial charge on any atom is -0.339 e. The Morgan fingerprint density at radius 2 is 1.69 bits per heavy atom. The van der Waals surface area contributed by atoms with Crippen LogP contribution in [0.3, 0.4) is 0 Å². The van der Waals surface area contributed by atoms with Crippen LogP contribution >= 0.6 is 28.1 Å². The number of thiocarbonyl (C=S) groups is 1. The molecule has 7 heteroatoms. The smallest absolute Gasteiger partial charge is 0.257 e. The van der Waals surface area contributed by atoms with Gasteiger partial charge in [-0.05, 0) is 68.5 Å². The van der Waals surface area contributed by atoms with E-state index in [9.17, 15) is 9.59 Å². The largest absolute Gasteiger partial charge is 0.339 e. The molecule has 2 aromatic carbocycles. The summed E-state index contributed by atoms with van der Waals surface area (Å²) in [6, 6.07) is 14.0. The van der Waals surface area contributed by atoms with E-state index >= 15 is 0 Å². The predicted molar refractivity (Wildman–Crippen MR) is 112 cm³/mol. The van der Waals surface area contributed by atoms with Crippen molar-refractivity contribution in [3.63, 3.8) is 0 Å². The Labute approximate surface area is 166 Å². The summed E-state index contributed by atoms with van der Waals surface area (Å²) in [5.74, 6) is -0.302. The van der Waals surface area contributed by atoms with Crippen molar-refractivity contribution in [2.45, 2.75) is 13.8 Å². The fourth-order valence-corrected chi connectivity index (χ4v) is 2.97. The summed E-state index contributed by atoms with van der Waals surface area (Å²) in [5, 5.41) is 5.77. The highest BCUT2D eigenvalue weighted by Crippen LogP contribution is 2.13. The van der Waals surface area contributed by atoms with E-state index in [0.29, 0.717) is 29.9 Å². The fraction of sp³-hybridized carbons (Fsp3) is 0.211. The van der Waals surface area contributed by atoms with E-state index in [4.69, 9.17) is 12.2 Å². The molecule has 0 aromatic heterocycles. The van der Waals surface area contributed by atoms with Crippen LogP contribution < -0.4 is 10.6 Å². The molecule has 26 heavy (non-hydrogen) atoms. The predicted octanol–water partition coefficient (Wildman–Crippen LogP) is 4.06. The molecule has 136 valence electrons. The number of carbonyl (C=O) groups is 2. The minimum absolute atomic E-state index is 0.00733. The van der Waals surface area contributed by atoms with Crippen LogP contribution in [0.1, 0.15) is 34.6 Å². The first-order valence-corrected chi connectivity index (χ1v) is 9.42. The van der Waals surface area contributed by atoms with Crippen molar-refractivity contribution >= 4 is 50.8 Å². The van der Waals surface area contributed by atoms with Gasteiger partial charge >= 0.3 is 0 Å². The van der Waals surface area contributed by atoms with Crippen LogP contribution in [-0.4, -0.2) is 34.9 Å². The zero-order chi connectivity index (χ0) is 19.1. The molecule has 0 aliphatic heterocycles. The topological polar surface area (TPSA) is 61.4 Å². The molecule has 2 aromatic rings. The second-order valence-corrected chi connectivity index (χ2v) is 6.80. The monoisotopic (exact) mass is 433 g/mol. The lowest BCUT2D eigenvalue weighted by Gasteiger charge is -2.18. The first kappa shape index (κ1) is 20.1. The van der Waals surface area contributed by atoms with Crippen molar-refractivity contribution in [3.8, 4) is 0 Å². The molecule has 0 aliphatic carbocycles. The molecule has 0 saturated heterocycles. The highest BCUT2D eigenvalue weighted by atomic mass is 79.9. The summed E-state index contributed by atoms with van der Waals surface area (Å²) in [6.45, 7) is 5.23. The first-order chi connectivity index (χ1) is 12.4. The molecule has 0 saturated carbocycles. The molecule has 0 bridgehead atoms. The number of rotatable bonds is 5. The number of benzene rings is 2. The standard InChI is InChI=1S/C19H20BrN3O2S/c1-3-23(4-2)18(25)13-8-10-16(11-9-13)21-19(26)22-17(24)14-6-5-7-15(20)12-14/h5-12H,3-4H2,1-2H3,(H2,21,22,24,26). The number of nitrogens with zero attached hydrogens (tertiary/aromatic N) is 1. The number of anilines is 1. The van der Waals surface area contributed by atoms with Gasteiger partial charge in [0, 0.05) is 34.4 Å². The number of hydrogen-bond acceptors (Lipinski definition) is 3. The summed E-state index contributed by atoms with van der Waals surface area (Å²) in [7, 11) is 0. The van der Waals surface area contributed by atoms with Crippen molar-refractivity contribution in [1.82, 2.24) is 10.2 Å². The maximum absolute atomic E-state index is 12.3. The molecule has 0 spiro atoms. The van der Waals surface area contributed by atoms with Crippen LogP contribution in [0.2, 0.25) is 0 Å². The maximum Gasteiger partial charge on any atom is 0.257 e. The summed E-state index contributed by atoms with van der Waals surface area (Å²) < 4.78 is 0.817. The van der Waals surface area contributed by atoms with Crippen molar-refractivity contribution < 1.29 is 9.59 Å². The third-order valence-corrected chi connectivity index (χ3v) is 4.45. The summed E-state index contributed by atoms with van der Waals surface area (Å²) in [4.78, 5) is 26.2. The minimum atomic E-state index is -0.294. The van der Waals surface area contributed by atoms with Crippen LogP contribution in [0.4, 0.5) is 5.69 Å². The molecule has 0 aliphatic rings. The molecule has 2 N–H and O–H groups in total. The van der Waals surface area contributed by atoms with Crippen LogP contribution in [0.5, 0.6) is 0 Å². The Balaban J connectivity index is 1.97. The van der Waals surface area contributed by atoms with E-state index in [1.54, 1.807) is 47.4 Å². The van der Waals surface area contributed by atoms with Crippen LogP contribution in [0, 0.1) is 0 Å². The lowest BCUT2D eigenvalue weighted by atomic mass is 10.2. The number of hydrogen-bond donors (Lipinski definition) is 2. The van der Waals surface area contributed by atoms with E-state index in [0.717, 1.165) is 4.47 Å². The Morgan fingerprint density at radius 3 is 2.27 bits per heavy atom. The first-order valence-electron chi connectivity index (χ1n) is 8.21. The third-order valence-electron chi connectivity index (χ3n) is 3.75. The van der Waals surface area contributed by atoms with Gasteiger partial charge in [-0.2, -0.15) is 0 Å². The van der Waals surface area contributed by atoms with E-state index in [-0.39, 0.29) is 16.9 Å². The summed E-state index contributed by atoms with van der Waals surface area (Å²) >= 11 is 8.51. The van der Waals surface area contributed by atoms with Gasteiger partial charge in [0.25, 0.3) is 11.8 Å². The molecule has 2 amide bonds.